The Kier molecular flexibility index (Phi) is 10.4. The molecule has 0 radical (unpaired) electrons. The van der Waals surface area contributed by atoms with Crippen molar-refractivity contribution in [2.75, 3.05) is 44.7 Å². The van der Waals surface area contributed by atoms with Crippen molar-refractivity contribution in [3.63, 3.8) is 0 Å². The molecule has 0 atom stereocenters. The molecule has 0 spiro atoms. The van der Waals surface area contributed by atoms with Gasteiger partial charge in [0.15, 0.2) is 0 Å². The molecule has 1 aromatic carbocycles. The molecular formula is C33H39F4N5O4. The highest BCUT2D eigenvalue weighted by molar-refractivity contribution is 5.68. The molecule has 4 rings (SSSR count). The van der Waals surface area contributed by atoms with Gasteiger partial charge >= 0.3 is 12.3 Å². The molecule has 0 bridgehead atoms. The van der Waals surface area contributed by atoms with Crippen molar-refractivity contribution in [1.82, 2.24) is 19.8 Å². The molecule has 0 N–H and O–H groups in total. The Morgan fingerprint density at radius 2 is 1.78 bits per heavy atom. The number of alkyl halides is 3. The number of benzene rings is 1. The van der Waals surface area contributed by atoms with E-state index in [-0.39, 0.29) is 31.9 Å². The number of anilines is 1. The first kappa shape index (κ1) is 34.5. The van der Waals surface area contributed by atoms with Crippen LogP contribution in [-0.2, 0) is 21.2 Å². The average molecular weight is 646 g/mol. The van der Waals surface area contributed by atoms with Crippen LogP contribution in [0, 0.1) is 5.82 Å². The number of hydrogen-bond donors (Lipinski definition) is 0. The first-order chi connectivity index (χ1) is 21.7. The molecule has 1 aliphatic heterocycles. The number of halogens is 4. The van der Waals surface area contributed by atoms with Gasteiger partial charge in [-0.3, -0.25) is 9.78 Å². The topological polar surface area (TPSA) is 88.1 Å². The smallest absolute Gasteiger partial charge is 0.416 e. The lowest BCUT2D eigenvalue weighted by molar-refractivity contribution is -0.137. The van der Waals surface area contributed by atoms with Crippen molar-refractivity contribution in [3.05, 3.63) is 71.8 Å². The fraction of sp³-hybridized carbons (Fsp3) is 0.455. The molecule has 2 amide bonds. The van der Waals surface area contributed by atoms with Gasteiger partial charge in [-0.25, -0.2) is 14.2 Å². The van der Waals surface area contributed by atoms with Gasteiger partial charge in [-0.05, 0) is 82.5 Å². The zero-order valence-corrected chi connectivity index (χ0v) is 26.6. The molecule has 13 heteroatoms. The van der Waals surface area contributed by atoms with E-state index in [9.17, 15) is 27.2 Å². The molecule has 0 unspecified atom stereocenters. The van der Waals surface area contributed by atoms with Gasteiger partial charge in [0.25, 0.3) is 0 Å². The number of rotatable bonds is 10. The maximum atomic E-state index is 14.9. The summed E-state index contributed by atoms with van der Waals surface area (Å²) in [6.07, 6.45) is -0.527. The molecule has 1 aliphatic rings. The number of piperidine rings is 1. The molecule has 1 saturated heterocycles. The number of nitrogens with zero attached hydrogens (tertiary/aromatic N) is 5. The molecule has 0 aliphatic carbocycles. The summed E-state index contributed by atoms with van der Waals surface area (Å²) < 4.78 is 65.5. The van der Waals surface area contributed by atoms with Gasteiger partial charge in [-0.1, -0.05) is 6.07 Å². The fourth-order valence-corrected chi connectivity index (χ4v) is 5.52. The van der Waals surface area contributed by atoms with Crippen molar-refractivity contribution in [3.8, 4) is 17.1 Å². The molecule has 248 valence electrons. The van der Waals surface area contributed by atoms with Crippen LogP contribution in [0.5, 0.6) is 5.88 Å². The lowest BCUT2D eigenvalue weighted by Crippen LogP contribution is -2.54. The molecule has 2 aromatic heterocycles. The highest BCUT2D eigenvalue weighted by Gasteiger charge is 2.42. The van der Waals surface area contributed by atoms with Crippen molar-refractivity contribution in [1.29, 1.82) is 0 Å². The largest absolute Gasteiger partial charge is 0.477 e. The normalized spacial score (nSPS) is 14.8. The summed E-state index contributed by atoms with van der Waals surface area (Å²) in [5, 5.41) is 0. The lowest BCUT2D eigenvalue weighted by Gasteiger charge is -2.48. The standard InChI is InChI=1S/C33H39F4N5O4/c1-6-45-29-25(8-7-15-38-29)27-11-9-24(21-39-27)32(42(22-43)19-18-40(5)30(44)46-31(2,3)4)13-16-41(17-14-32)28-12-10-23(20-26(28)34)33(35,36)37/h7-12,15,20-22H,6,13-14,16-19H2,1-5H3. The number of likely N-dealkylation sites (N-methyl/N-ethyl adjacent to an activating group) is 1. The Bertz CT molecular complexity index is 1500. The quantitative estimate of drug-likeness (QED) is 0.183. The Hall–Kier alpha value is -4.42. The van der Waals surface area contributed by atoms with Crippen LogP contribution in [0.4, 0.5) is 28.0 Å². The minimum absolute atomic E-state index is 0.0532. The molecule has 0 saturated carbocycles. The van der Waals surface area contributed by atoms with Crippen molar-refractivity contribution < 1.29 is 36.6 Å². The Morgan fingerprint density at radius 3 is 2.35 bits per heavy atom. The van der Waals surface area contributed by atoms with Crippen LogP contribution in [-0.4, -0.2) is 77.7 Å². The number of carbonyl (C=O) groups is 2. The number of hydrogen-bond acceptors (Lipinski definition) is 7. The molecule has 3 aromatic rings. The van der Waals surface area contributed by atoms with Gasteiger partial charge in [-0.15, -0.1) is 0 Å². The van der Waals surface area contributed by atoms with Crippen molar-refractivity contribution >= 4 is 18.2 Å². The Balaban J connectivity index is 1.64. The van der Waals surface area contributed by atoms with E-state index >= 15 is 0 Å². The second kappa shape index (κ2) is 13.9. The third-order valence-electron chi connectivity index (χ3n) is 7.89. The summed E-state index contributed by atoms with van der Waals surface area (Å²) in [6.45, 7) is 8.39. The van der Waals surface area contributed by atoms with Gasteiger partial charge in [0.2, 0.25) is 12.3 Å². The van der Waals surface area contributed by atoms with Gasteiger partial charge in [0.05, 0.1) is 34.7 Å². The molecule has 9 nitrogen and oxygen atoms in total. The van der Waals surface area contributed by atoms with Crippen LogP contribution in [0.2, 0.25) is 0 Å². The summed E-state index contributed by atoms with van der Waals surface area (Å²) in [4.78, 5) is 39.0. The van der Waals surface area contributed by atoms with E-state index in [0.29, 0.717) is 42.7 Å². The van der Waals surface area contributed by atoms with Gasteiger partial charge in [0.1, 0.15) is 11.4 Å². The van der Waals surface area contributed by atoms with Crippen LogP contribution in [0.3, 0.4) is 0 Å². The van der Waals surface area contributed by atoms with Crippen LogP contribution < -0.4 is 9.64 Å². The molecule has 3 heterocycles. The third kappa shape index (κ3) is 7.86. The molecular weight excluding hydrogens is 606 g/mol. The SMILES string of the molecule is CCOc1ncccc1-c1ccc(C2(N(C=O)CCN(C)C(=O)OC(C)(C)C)CCN(c3ccc(C(F)(F)F)cc3F)CC2)cn1. The van der Waals surface area contributed by atoms with Crippen LogP contribution in [0.1, 0.15) is 51.7 Å². The van der Waals surface area contributed by atoms with E-state index in [2.05, 4.69) is 9.97 Å². The van der Waals surface area contributed by atoms with Crippen LogP contribution >= 0.6 is 0 Å². The van der Waals surface area contributed by atoms with E-state index in [0.717, 1.165) is 24.1 Å². The first-order valence-corrected chi connectivity index (χ1v) is 15.0. The van der Waals surface area contributed by atoms with E-state index in [4.69, 9.17) is 9.47 Å². The van der Waals surface area contributed by atoms with E-state index in [1.165, 1.54) is 4.90 Å². The van der Waals surface area contributed by atoms with Gasteiger partial charge in [-0.2, -0.15) is 13.2 Å². The second-order valence-electron chi connectivity index (χ2n) is 12.1. The van der Waals surface area contributed by atoms with Crippen molar-refractivity contribution in [2.45, 2.75) is 57.9 Å². The van der Waals surface area contributed by atoms with Gasteiger partial charge in [0, 0.05) is 45.6 Å². The van der Waals surface area contributed by atoms with Crippen LogP contribution in [0.25, 0.3) is 11.3 Å². The number of amides is 2. The maximum Gasteiger partial charge on any atom is 0.416 e. The highest BCUT2D eigenvalue weighted by Crippen LogP contribution is 2.41. The third-order valence-corrected chi connectivity index (χ3v) is 7.89. The Labute approximate surface area is 266 Å². The highest BCUT2D eigenvalue weighted by atomic mass is 19.4. The van der Waals surface area contributed by atoms with Crippen molar-refractivity contribution in [2.24, 2.45) is 0 Å². The predicted octanol–water partition coefficient (Wildman–Crippen LogP) is 6.52. The average Bonchev–Trinajstić information content (AvgIpc) is 3.01. The first-order valence-electron chi connectivity index (χ1n) is 15.0. The van der Waals surface area contributed by atoms with E-state index in [1.54, 1.807) is 56.1 Å². The number of pyridine rings is 2. The van der Waals surface area contributed by atoms with Crippen LogP contribution in [0.15, 0.2) is 54.9 Å². The summed E-state index contributed by atoms with van der Waals surface area (Å²) in [5.74, 6) is -0.535. The summed E-state index contributed by atoms with van der Waals surface area (Å²) in [6, 6.07) is 9.80. The summed E-state index contributed by atoms with van der Waals surface area (Å²) >= 11 is 0. The minimum Gasteiger partial charge on any atom is -0.477 e. The predicted molar refractivity (Wildman–Crippen MR) is 165 cm³/mol. The number of aromatic nitrogens is 2. The summed E-state index contributed by atoms with van der Waals surface area (Å²) in [7, 11) is 1.58. The monoisotopic (exact) mass is 645 g/mol. The van der Waals surface area contributed by atoms with Gasteiger partial charge < -0.3 is 24.2 Å². The number of ether oxygens (including phenoxy) is 2. The Morgan fingerprint density at radius 1 is 1.07 bits per heavy atom. The van der Waals surface area contributed by atoms with E-state index < -0.39 is 34.8 Å². The summed E-state index contributed by atoms with van der Waals surface area (Å²) in [5.41, 5.74) is -0.575. The maximum absolute atomic E-state index is 14.9. The molecule has 1 fully saturated rings. The zero-order valence-electron chi connectivity index (χ0n) is 26.6. The fourth-order valence-electron chi connectivity index (χ4n) is 5.52. The lowest BCUT2D eigenvalue weighted by atomic mass is 9.79. The molecule has 46 heavy (non-hydrogen) atoms. The van der Waals surface area contributed by atoms with E-state index in [1.807, 2.05) is 25.1 Å². The number of carbonyl (C=O) groups excluding carboxylic acids is 2. The zero-order chi connectivity index (χ0) is 33.7. The minimum atomic E-state index is -4.66. The second-order valence-corrected chi connectivity index (χ2v) is 12.1.